The fourth-order valence-corrected chi connectivity index (χ4v) is 1.19. The van der Waals surface area contributed by atoms with E-state index in [1.165, 1.54) is 0 Å². The van der Waals surface area contributed by atoms with Gasteiger partial charge in [0.25, 0.3) is 0 Å². The van der Waals surface area contributed by atoms with E-state index in [-0.39, 0.29) is 6.42 Å². The summed E-state index contributed by atoms with van der Waals surface area (Å²) in [6.07, 6.45) is -0.579. The number of carbonyl (C=O) groups excluding carboxylic acids is 2. The zero-order valence-electron chi connectivity index (χ0n) is 12.2. The lowest BCUT2D eigenvalue weighted by Crippen LogP contribution is -2.49. The zero-order valence-corrected chi connectivity index (χ0v) is 12.2. The van der Waals surface area contributed by atoms with E-state index in [0.29, 0.717) is 6.42 Å². The lowest BCUT2D eigenvalue weighted by Gasteiger charge is -2.30. The second kappa shape index (κ2) is 7.45. The molecule has 6 heteroatoms. The summed E-state index contributed by atoms with van der Waals surface area (Å²) in [5, 5.41) is 19.6. The van der Waals surface area contributed by atoms with Gasteiger partial charge in [-0.05, 0) is 6.42 Å². The van der Waals surface area contributed by atoms with Crippen molar-refractivity contribution in [3.63, 3.8) is 0 Å². The molecule has 0 heterocycles. The van der Waals surface area contributed by atoms with Gasteiger partial charge in [-0.2, -0.15) is 0 Å². The molecule has 0 aromatic carbocycles. The van der Waals surface area contributed by atoms with Crippen molar-refractivity contribution in [1.82, 2.24) is 0 Å². The Labute approximate surface area is 113 Å². The van der Waals surface area contributed by atoms with Gasteiger partial charge in [-0.3, -0.25) is 9.59 Å². The summed E-state index contributed by atoms with van der Waals surface area (Å²) in [6.45, 7) is 8.17. The second-order valence-electron chi connectivity index (χ2n) is 5.10. The van der Waals surface area contributed by atoms with Crippen LogP contribution in [0, 0.1) is 11.8 Å². The van der Waals surface area contributed by atoms with Crippen LogP contribution in [-0.2, 0) is 19.1 Å². The minimum absolute atomic E-state index is 0.177. The van der Waals surface area contributed by atoms with Crippen LogP contribution in [0.15, 0.2) is 0 Å². The number of esters is 2. The minimum Gasteiger partial charge on any atom is -0.452 e. The first-order valence-corrected chi connectivity index (χ1v) is 6.49. The van der Waals surface area contributed by atoms with Crippen LogP contribution in [0.5, 0.6) is 0 Å². The fraction of sp³-hybridized carbons (Fsp3) is 0.846. The Balaban J connectivity index is 4.83. The van der Waals surface area contributed by atoms with Gasteiger partial charge in [-0.15, -0.1) is 0 Å². The Bertz CT molecular complexity index is 308. The molecule has 0 fully saturated rings. The molecule has 0 radical (unpaired) electrons. The average molecular weight is 276 g/mol. The van der Waals surface area contributed by atoms with E-state index in [1.54, 1.807) is 34.6 Å². The molecule has 2 N–H and O–H groups in total. The fourth-order valence-electron chi connectivity index (χ4n) is 1.19. The second-order valence-corrected chi connectivity index (χ2v) is 5.10. The van der Waals surface area contributed by atoms with Crippen LogP contribution in [-0.4, -0.2) is 34.2 Å². The number of hydrogen-bond acceptors (Lipinski definition) is 6. The number of hydrogen-bond donors (Lipinski definition) is 2. The summed E-state index contributed by atoms with van der Waals surface area (Å²) < 4.78 is 9.57. The summed E-state index contributed by atoms with van der Waals surface area (Å²) in [6, 6.07) is 0. The van der Waals surface area contributed by atoms with Crippen molar-refractivity contribution in [2.24, 2.45) is 11.8 Å². The molecule has 6 nitrogen and oxygen atoms in total. The van der Waals surface area contributed by atoms with Crippen molar-refractivity contribution < 1.29 is 29.3 Å². The Morgan fingerprint density at radius 1 is 1.05 bits per heavy atom. The van der Waals surface area contributed by atoms with Gasteiger partial charge >= 0.3 is 17.9 Å². The third kappa shape index (κ3) is 6.02. The first kappa shape index (κ1) is 17.9. The highest BCUT2D eigenvalue weighted by atomic mass is 16.8. The lowest BCUT2D eigenvalue weighted by molar-refractivity contribution is -0.361. The Morgan fingerprint density at radius 3 is 1.89 bits per heavy atom. The topological polar surface area (TPSA) is 93.1 Å². The molecule has 0 rings (SSSR count). The first-order chi connectivity index (χ1) is 8.61. The van der Waals surface area contributed by atoms with Crippen molar-refractivity contribution in [1.29, 1.82) is 0 Å². The Kier molecular flexibility index (Phi) is 7.00. The van der Waals surface area contributed by atoms with Crippen LogP contribution in [0.1, 0.15) is 47.5 Å². The van der Waals surface area contributed by atoms with Crippen molar-refractivity contribution in [2.75, 3.05) is 0 Å². The van der Waals surface area contributed by atoms with E-state index in [1.807, 2.05) is 0 Å². The maximum absolute atomic E-state index is 11.5. The van der Waals surface area contributed by atoms with Gasteiger partial charge < -0.3 is 19.7 Å². The summed E-state index contributed by atoms with van der Waals surface area (Å²) in [5.74, 6) is -5.07. The van der Waals surface area contributed by atoms with E-state index in [0.717, 1.165) is 0 Å². The normalized spacial score (nSPS) is 13.5. The lowest BCUT2D eigenvalue weighted by atomic mass is 10.1. The molecule has 1 atom stereocenters. The molecule has 0 aliphatic carbocycles. The third-order valence-electron chi connectivity index (χ3n) is 2.42. The molecule has 0 aromatic rings. The quantitative estimate of drug-likeness (QED) is 0.536. The molecule has 0 aliphatic rings. The standard InChI is InChI=1S/C13H24O6/c1-6-7-10(18-11(14)8(2)3)13(16,17)19-12(15)9(4)5/h8-10,16-17H,6-7H2,1-5H3. The highest BCUT2D eigenvalue weighted by molar-refractivity contribution is 5.72. The van der Waals surface area contributed by atoms with E-state index in [2.05, 4.69) is 4.74 Å². The van der Waals surface area contributed by atoms with Gasteiger partial charge in [0, 0.05) is 0 Å². The predicted octanol–water partition coefficient (Wildman–Crippen LogP) is 1.19. The molecule has 1 unspecified atom stereocenters. The molecule has 0 saturated carbocycles. The van der Waals surface area contributed by atoms with Gasteiger partial charge in [-0.25, -0.2) is 0 Å². The maximum Gasteiger partial charge on any atom is 0.363 e. The van der Waals surface area contributed by atoms with Crippen molar-refractivity contribution in [2.45, 2.75) is 59.5 Å². The van der Waals surface area contributed by atoms with Gasteiger partial charge in [-0.1, -0.05) is 41.0 Å². The molecule has 19 heavy (non-hydrogen) atoms. The Morgan fingerprint density at radius 2 is 1.53 bits per heavy atom. The molecule has 0 amide bonds. The summed E-state index contributed by atoms with van der Waals surface area (Å²) >= 11 is 0. The largest absolute Gasteiger partial charge is 0.452 e. The van der Waals surface area contributed by atoms with E-state index < -0.39 is 35.9 Å². The van der Waals surface area contributed by atoms with Crippen LogP contribution in [0.25, 0.3) is 0 Å². The van der Waals surface area contributed by atoms with E-state index >= 15 is 0 Å². The number of aliphatic hydroxyl groups is 2. The average Bonchev–Trinajstić information content (AvgIpc) is 2.27. The van der Waals surface area contributed by atoms with Gasteiger partial charge in [0.1, 0.15) is 0 Å². The molecule has 112 valence electrons. The number of carbonyl (C=O) groups is 2. The molecular weight excluding hydrogens is 252 g/mol. The highest BCUT2D eigenvalue weighted by Crippen LogP contribution is 2.20. The van der Waals surface area contributed by atoms with Crippen LogP contribution in [0.2, 0.25) is 0 Å². The van der Waals surface area contributed by atoms with Gasteiger partial charge in [0.05, 0.1) is 11.8 Å². The van der Waals surface area contributed by atoms with E-state index in [4.69, 9.17) is 4.74 Å². The van der Waals surface area contributed by atoms with Gasteiger partial charge in [0.15, 0.2) is 6.10 Å². The van der Waals surface area contributed by atoms with Crippen molar-refractivity contribution in [3.05, 3.63) is 0 Å². The molecule has 0 bridgehead atoms. The minimum atomic E-state index is -2.80. The molecule has 0 aromatic heterocycles. The number of ether oxygens (including phenoxy) is 2. The van der Waals surface area contributed by atoms with Crippen LogP contribution in [0.4, 0.5) is 0 Å². The zero-order chi connectivity index (χ0) is 15.2. The first-order valence-electron chi connectivity index (χ1n) is 6.49. The highest BCUT2D eigenvalue weighted by Gasteiger charge is 2.42. The van der Waals surface area contributed by atoms with Crippen LogP contribution >= 0.6 is 0 Å². The summed E-state index contributed by atoms with van der Waals surface area (Å²) in [5.41, 5.74) is 0. The SMILES string of the molecule is CCCC(OC(=O)C(C)C)C(O)(O)OC(=O)C(C)C. The monoisotopic (exact) mass is 276 g/mol. The molecular formula is C13H24O6. The summed E-state index contributed by atoms with van der Waals surface area (Å²) in [4.78, 5) is 22.9. The van der Waals surface area contributed by atoms with Crippen LogP contribution < -0.4 is 0 Å². The van der Waals surface area contributed by atoms with Gasteiger partial charge in [0.2, 0.25) is 0 Å². The predicted molar refractivity (Wildman–Crippen MR) is 67.7 cm³/mol. The molecule has 0 spiro atoms. The van der Waals surface area contributed by atoms with Crippen molar-refractivity contribution in [3.8, 4) is 0 Å². The molecule has 0 saturated heterocycles. The summed E-state index contributed by atoms with van der Waals surface area (Å²) in [7, 11) is 0. The Hall–Kier alpha value is -1.14. The molecule has 0 aliphatic heterocycles. The maximum atomic E-state index is 11.5. The van der Waals surface area contributed by atoms with Crippen LogP contribution in [0.3, 0.4) is 0 Å². The number of rotatable bonds is 7. The van der Waals surface area contributed by atoms with Crippen molar-refractivity contribution >= 4 is 11.9 Å². The third-order valence-corrected chi connectivity index (χ3v) is 2.42. The van der Waals surface area contributed by atoms with E-state index in [9.17, 15) is 19.8 Å². The smallest absolute Gasteiger partial charge is 0.363 e.